The molecular formula is C12H12FN3S. The van der Waals surface area contributed by atoms with Crippen LogP contribution in [0.4, 0.5) is 4.39 Å². The van der Waals surface area contributed by atoms with Crippen LogP contribution in [0.3, 0.4) is 0 Å². The van der Waals surface area contributed by atoms with Crippen LogP contribution >= 0.6 is 11.8 Å². The number of benzene rings is 1. The number of nitrogens with zero attached hydrogens (tertiary/aromatic N) is 2. The third-order valence-electron chi connectivity index (χ3n) is 2.26. The summed E-state index contributed by atoms with van der Waals surface area (Å²) < 4.78 is 13.4. The Bertz CT molecular complexity index is 478. The standard InChI is InChI=1S/C12H12FN3S/c13-10-3-1-2-4-12(10)17-7-11(14)9-5-15-8-16-6-9/h1-6,8,11H,7,14H2. The first-order chi connectivity index (χ1) is 8.27. The van der Waals surface area contributed by atoms with E-state index in [9.17, 15) is 4.39 Å². The van der Waals surface area contributed by atoms with E-state index < -0.39 is 0 Å². The van der Waals surface area contributed by atoms with E-state index in [4.69, 9.17) is 5.73 Å². The molecule has 2 aromatic rings. The highest BCUT2D eigenvalue weighted by Gasteiger charge is 2.08. The monoisotopic (exact) mass is 249 g/mol. The number of halogens is 1. The molecule has 0 saturated heterocycles. The first-order valence-corrected chi connectivity index (χ1v) is 6.14. The lowest BCUT2D eigenvalue weighted by Crippen LogP contribution is -2.13. The first-order valence-electron chi connectivity index (χ1n) is 5.15. The van der Waals surface area contributed by atoms with Crippen molar-refractivity contribution in [2.24, 2.45) is 5.73 Å². The molecule has 0 spiro atoms. The van der Waals surface area contributed by atoms with Gasteiger partial charge in [-0.3, -0.25) is 0 Å². The molecule has 1 aromatic heterocycles. The maximum absolute atomic E-state index is 13.4. The number of hydrogen-bond acceptors (Lipinski definition) is 4. The SMILES string of the molecule is NC(CSc1ccccc1F)c1cncnc1. The summed E-state index contributed by atoms with van der Waals surface area (Å²) in [6.07, 6.45) is 4.82. The second kappa shape index (κ2) is 5.75. The van der Waals surface area contributed by atoms with Crippen LogP contribution < -0.4 is 5.73 Å². The Hall–Kier alpha value is -1.46. The molecule has 1 unspecified atom stereocenters. The van der Waals surface area contributed by atoms with Crippen molar-refractivity contribution in [1.29, 1.82) is 0 Å². The van der Waals surface area contributed by atoms with Crippen molar-refractivity contribution < 1.29 is 4.39 Å². The minimum atomic E-state index is -0.214. The van der Waals surface area contributed by atoms with Gasteiger partial charge >= 0.3 is 0 Å². The third-order valence-corrected chi connectivity index (χ3v) is 3.43. The molecule has 0 bridgehead atoms. The lowest BCUT2D eigenvalue weighted by Gasteiger charge is -2.10. The van der Waals surface area contributed by atoms with Crippen molar-refractivity contribution >= 4 is 11.8 Å². The highest BCUT2D eigenvalue weighted by Crippen LogP contribution is 2.24. The predicted octanol–water partition coefficient (Wildman–Crippen LogP) is 2.41. The van der Waals surface area contributed by atoms with Crippen molar-refractivity contribution in [3.63, 3.8) is 0 Å². The number of nitrogens with two attached hydrogens (primary N) is 1. The largest absolute Gasteiger partial charge is 0.323 e. The molecule has 3 nitrogen and oxygen atoms in total. The Balaban J connectivity index is 1.97. The zero-order valence-corrected chi connectivity index (χ0v) is 9.90. The van der Waals surface area contributed by atoms with Gasteiger partial charge in [-0.05, 0) is 12.1 Å². The van der Waals surface area contributed by atoms with Crippen LogP contribution in [0.5, 0.6) is 0 Å². The van der Waals surface area contributed by atoms with Crippen LogP contribution in [0, 0.1) is 5.82 Å². The zero-order valence-electron chi connectivity index (χ0n) is 9.08. The lowest BCUT2D eigenvalue weighted by atomic mass is 10.2. The maximum atomic E-state index is 13.4. The van der Waals surface area contributed by atoms with E-state index >= 15 is 0 Å². The summed E-state index contributed by atoms with van der Waals surface area (Å²) in [5, 5.41) is 0. The minimum absolute atomic E-state index is 0.194. The van der Waals surface area contributed by atoms with Gasteiger partial charge < -0.3 is 5.73 Å². The fraction of sp³-hybridized carbons (Fsp3) is 0.167. The summed E-state index contributed by atoms with van der Waals surface area (Å²) in [6.45, 7) is 0. The fourth-order valence-electron chi connectivity index (χ4n) is 1.34. The Morgan fingerprint density at radius 3 is 2.65 bits per heavy atom. The predicted molar refractivity (Wildman–Crippen MR) is 66.1 cm³/mol. The topological polar surface area (TPSA) is 51.8 Å². The fourth-order valence-corrected chi connectivity index (χ4v) is 2.27. The summed E-state index contributed by atoms with van der Waals surface area (Å²) in [6, 6.07) is 6.47. The molecule has 0 aliphatic rings. The van der Waals surface area contributed by atoms with Gasteiger partial charge in [0.2, 0.25) is 0 Å². The van der Waals surface area contributed by atoms with Crippen LogP contribution in [0.25, 0.3) is 0 Å². The molecule has 0 amide bonds. The van der Waals surface area contributed by atoms with E-state index in [1.807, 2.05) is 6.07 Å². The number of hydrogen-bond donors (Lipinski definition) is 1. The number of thioether (sulfide) groups is 1. The smallest absolute Gasteiger partial charge is 0.136 e. The molecule has 2 N–H and O–H groups in total. The molecule has 1 heterocycles. The zero-order chi connectivity index (χ0) is 12.1. The minimum Gasteiger partial charge on any atom is -0.323 e. The van der Waals surface area contributed by atoms with Crippen LogP contribution in [0.15, 0.2) is 47.9 Å². The van der Waals surface area contributed by atoms with Crippen LogP contribution in [0.1, 0.15) is 11.6 Å². The molecule has 88 valence electrons. The van der Waals surface area contributed by atoms with Gasteiger partial charge in [-0.15, -0.1) is 11.8 Å². The second-order valence-electron chi connectivity index (χ2n) is 3.52. The van der Waals surface area contributed by atoms with Gasteiger partial charge in [0.1, 0.15) is 12.1 Å². The number of rotatable bonds is 4. The van der Waals surface area contributed by atoms with Gasteiger partial charge in [0, 0.05) is 34.6 Å². The van der Waals surface area contributed by atoms with E-state index in [1.54, 1.807) is 24.5 Å². The van der Waals surface area contributed by atoms with Gasteiger partial charge in [-0.1, -0.05) is 12.1 Å². The average molecular weight is 249 g/mol. The molecule has 5 heteroatoms. The van der Waals surface area contributed by atoms with Gasteiger partial charge in [-0.2, -0.15) is 0 Å². The highest BCUT2D eigenvalue weighted by atomic mass is 32.2. The van der Waals surface area contributed by atoms with Crippen LogP contribution in [0.2, 0.25) is 0 Å². The van der Waals surface area contributed by atoms with Crippen molar-refractivity contribution in [2.75, 3.05) is 5.75 Å². The Labute approximate surface area is 103 Å². The average Bonchev–Trinajstić information content (AvgIpc) is 2.38. The van der Waals surface area contributed by atoms with E-state index in [1.165, 1.54) is 24.2 Å². The van der Waals surface area contributed by atoms with E-state index in [-0.39, 0.29) is 11.9 Å². The van der Waals surface area contributed by atoms with Gasteiger partial charge in [-0.25, -0.2) is 14.4 Å². The molecular weight excluding hydrogens is 237 g/mol. The van der Waals surface area contributed by atoms with Crippen LogP contribution in [-0.2, 0) is 0 Å². The molecule has 0 fully saturated rings. The summed E-state index contributed by atoms with van der Waals surface area (Å²) >= 11 is 1.39. The number of aromatic nitrogens is 2. The normalized spacial score (nSPS) is 12.4. The molecule has 0 aliphatic carbocycles. The summed E-state index contributed by atoms with van der Waals surface area (Å²) in [5.74, 6) is 0.378. The van der Waals surface area contributed by atoms with Crippen molar-refractivity contribution in [2.45, 2.75) is 10.9 Å². The van der Waals surface area contributed by atoms with E-state index in [0.29, 0.717) is 10.6 Å². The molecule has 2 rings (SSSR count). The van der Waals surface area contributed by atoms with Crippen molar-refractivity contribution in [3.8, 4) is 0 Å². The van der Waals surface area contributed by atoms with E-state index in [0.717, 1.165) is 5.56 Å². The van der Waals surface area contributed by atoms with Crippen LogP contribution in [-0.4, -0.2) is 15.7 Å². The molecule has 0 aliphatic heterocycles. The molecule has 1 atom stereocenters. The van der Waals surface area contributed by atoms with Gasteiger partial charge in [0.15, 0.2) is 0 Å². The summed E-state index contributed by atoms with van der Waals surface area (Å²) in [7, 11) is 0. The Morgan fingerprint density at radius 1 is 1.24 bits per heavy atom. The van der Waals surface area contributed by atoms with Crippen molar-refractivity contribution in [1.82, 2.24) is 9.97 Å². The Kier molecular flexibility index (Phi) is 4.06. The summed E-state index contributed by atoms with van der Waals surface area (Å²) in [4.78, 5) is 8.42. The van der Waals surface area contributed by atoms with Crippen molar-refractivity contribution in [3.05, 3.63) is 54.4 Å². The van der Waals surface area contributed by atoms with Gasteiger partial charge in [0.05, 0.1) is 0 Å². The molecule has 0 saturated carbocycles. The Morgan fingerprint density at radius 2 is 1.94 bits per heavy atom. The van der Waals surface area contributed by atoms with E-state index in [2.05, 4.69) is 9.97 Å². The van der Waals surface area contributed by atoms with Gasteiger partial charge in [0.25, 0.3) is 0 Å². The molecule has 0 radical (unpaired) electrons. The summed E-state index contributed by atoms with van der Waals surface area (Å²) in [5.41, 5.74) is 6.83. The highest BCUT2D eigenvalue weighted by molar-refractivity contribution is 7.99. The molecule has 1 aromatic carbocycles. The third kappa shape index (κ3) is 3.25. The molecule has 17 heavy (non-hydrogen) atoms. The first kappa shape index (κ1) is 12.0. The lowest BCUT2D eigenvalue weighted by molar-refractivity contribution is 0.601. The maximum Gasteiger partial charge on any atom is 0.136 e. The quantitative estimate of drug-likeness (QED) is 0.845. The second-order valence-corrected chi connectivity index (χ2v) is 4.58.